The first-order valence-electron chi connectivity index (χ1n) is 9.98. The minimum Gasteiger partial charge on any atom is -0.452 e. The monoisotopic (exact) mass is 470 g/mol. The molecule has 0 aliphatic rings. The van der Waals surface area contributed by atoms with Crippen molar-refractivity contribution in [2.45, 2.75) is 25.7 Å². The molecule has 9 heteroatoms. The van der Waals surface area contributed by atoms with Crippen LogP contribution in [0.3, 0.4) is 0 Å². The Morgan fingerprint density at radius 2 is 1.61 bits per heavy atom. The van der Waals surface area contributed by atoms with E-state index in [1.807, 2.05) is 26.0 Å². The molecule has 0 aliphatic heterocycles. The summed E-state index contributed by atoms with van der Waals surface area (Å²) in [5.41, 5.74) is 3.20. The molecule has 0 aliphatic carbocycles. The topological polar surface area (TPSA) is 102 Å². The summed E-state index contributed by atoms with van der Waals surface area (Å²) in [7, 11) is -4.04. The van der Waals surface area contributed by atoms with Gasteiger partial charge in [0.05, 0.1) is 10.5 Å². The van der Waals surface area contributed by atoms with E-state index in [4.69, 9.17) is 4.74 Å². The predicted octanol–water partition coefficient (Wildman–Crippen LogP) is 4.35. The number of benzene rings is 3. The normalized spacial score (nSPS) is 11.0. The Morgan fingerprint density at radius 3 is 2.27 bits per heavy atom. The van der Waals surface area contributed by atoms with Gasteiger partial charge in [0.15, 0.2) is 6.61 Å². The van der Waals surface area contributed by atoms with E-state index in [0.717, 1.165) is 23.3 Å². The van der Waals surface area contributed by atoms with Gasteiger partial charge in [0.2, 0.25) is 0 Å². The molecule has 0 bridgehead atoms. The quantitative estimate of drug-likeness (QED) is 0.500. The molecule has 0 heterocycles. The lowest BCUT2D eigenvalue weighted by molar-refractivity contribution is -0.119. The third-order valence-electron chi connectivity index (χ3n) is 4.83. The molecule has 2 N–H and O–H groups in total. The number of hydrogen-bond acceptors (Lipinski definition) is 5. The number of nitrogens with one attached hydrogen (secondary N) is 2. The van der Waals surface area contributed by atoms with E-state index < -0.39 is 34.3 Å². The number of sulfonamides is 1. The van der Waals surface area contributed by atoms with Gasteiger partial charge in [-0.1, -0.05) is 23.8 Å². The summed E-state index contributed by atoms with van der Waals surface area (Å²) in [5.74, 6) is -1.85. The molecule has 0 fully saturated rings. The van der Waals surface area contributed by atoms with Crippen LogP contribution in [-0.4, -0.2) is 26.9 Å². The Balaban J connectivity index is 1.69. The van der Waals surface area contributed by atoms with Gasteiger partial charge in [-0.3, -0.25) is 9.52 Å². The highest BCUT2D eigenvalue weighted by molar-refractivity contribution is 7.92. The molecule has 172 valence electrons. The predicted molar refractivity (Wildman–Crippen MR) is 123 cm³/mol. The lowest BCUT2D eigenvalue weighted by Crippen LogP contribution is -2.22. The summed E-state index contributed by atoms with van der Waals surface area (Å²) < 4.78 is 45.8. The van der Waals surface area contributed by atoms with Crippen LogP contribution in [0.4, 0.5) is 15.8 Å². The minimum absolute atomic E-state index is 0.0105. The number of amides is 1. The number of esters is 1. The standard InChI is InChI=1S/C24H23FN2O5S/c1-15-4-11-22(17(3)12-15)26-23(28)14-32-24(29)21-13-20(10-5-16(21)2)33(30,31)27-19-8-6-18(25)7-9-19/h4-13,27H,14H2,1-3H3,(H,26,28). The van der Waals surface area contributed by atoms with E-state index in [1.54, 1.807) is 13.0 Å². The van der Waals surface area contributed by atoms with Crippen LogP contribution in [0.15, 0.2) is 65.6 Å². The van der Waals surface area contributed by atoms with Gasteiger partial charge >= 0.3 is 5.97 Å². The Bertz CT molecular complexity index is 1300. The van der Waals surface area contributed by atoms with Crippen molar-refractivity contribution < 1.29 is 27.1 Å². The van der Waals surface area contributed by atoms with Gasteiger partial charge < -0.3 is 10.1 Å². The van der Waals surface area contributed by atoms with Gasteiger partial charge in [-0.05, 0) is 74.4 Å². The van der Waals surface area contributed by atoms with Crippen molar-refractivity contribution in [2.24, 2.45) is 0 Å². The van der Waals surface area contributed by atoms with E-state index in [2.05, 4.69) is 10.0 Å². The molecule has 0 spiro atoms. The van der Waals surface area contributed by atoms with Gasteiger partial charge in [0.1, 0.15) is 5.82 Å². The third kappa shape index (κ3) is 6.17. The van der Waals surface area contributed by atoms with Gasteiger partial charge in [-0.25, -0.2) is 17.6 Å². The Labute approximate surface area is 191 Å². The van der Waals surface area contributed by atoms with Crippen molar-refractivity contribution in [2.75, 3.05) is 16.6 Å². The number of rotatable bonds is 7. The fourth-order valence-electron chi connectivity index (χ4n) is 3.07. The first-order valence-corrected chi connectivity index (χ1v) is 11.5. The van der Waals surface area contributed by atoms with Crippen LogP contribution in [0.25, 0.3) is 0 Å². The van der Waals surface area contributed by atoms with Crippen molar-refractivity contribution in [3.05, 3.63) is 88.7 Å². The summed E-state index contributed by atoms with van der Waals surface area (Å²) in [5, 5.41) is 2.68. The molecule has 0 aromatic heterocycles. The second-order valence-electron chi connectivity index (χ2n) is 7.53. The van der Waals surface area contributed by atoms with Crippen LogP contribution in [0, 0.1) is 26.6 Å². The summed E-state index contributed by atoms with van der Waals surface area (Å²) >= 11 is 0. The fourth-order valence-corrected chi connectivity index (χ4v) is 4.15. The lowest BCUT2D eigenvalue weighted by atomic mass is 10.1. The van der Waals surface area contributed by atoms with Crippen LogP contribution in [0.2, 0.25) is 0 Å². The SMILES string of the molecule is Cc1ccc(NC(=O)COC(=O)c2cc(S(=O)(=O)Nc3ccc(F)cc3)ccc2C)c(C)c1. The van der Waals surface area contributed by atoms with Crippen molar-refractivity contribution in [1.29, 1.82) is 0 Å². The largest absolute Gasteiger partial charge is 0.452 e. The molecule has 3 rings (SSSR count). The van der Waals surface area contributed by atoms with Gasteiger partial charge in [0, 0.05) is 11.4 Å². The molecule has 0 atom stereocenters. The molecule has 33 heavy (non-hydrogen) atoms. The van der Waals surface area contributed by atoms with Gasteiger partial charge in [0.25, 0.3) is 15.9 Å². The Hall–Kier alpha value is -3.72. The van der Waals surface area contributed by atoms with E-state index in [1.165, 1.54) is 30.3 Å². The van der Waals surface area contributed by atoms with Crippen molar-refractivity contribution >= 4 is 33.3 Å². The molecule has 1 amide bonds. The van der Waals surface area contributed by atoms with Crippen LogP contribution < -0.4 is 10.0 Å². The zero-order chi connectivity index (χ0) is 24.2. The fraction of sp³-hybridized carbons (Fsp3) is 0.167. The summed E-state index contributed by atoms with van der Waals surface area (Å²) in [6.45, 7) is 4.88. The maximum absolute atomic E-state index is 13.1. The maximum atomic E-state index is 13.1. The number of halogens is 1. The molecule has 0 unspecified atom stereocenters. The number of hydrogen-bond donors (Lipinski definition) is 2. The molecular formula is C24H23FN2O5S. The van der Waals surface area contributed by atoms with E-state index in [0.29, 0.717) is 11.3 Å². The van der Waals surface area contributed by atoms with Crippen LogP contribution in [-0.2, 0) is 19.6 Å². The van der Waals surface area contributed by atoms with Crippen LogP contribution in [0.5, 0.6) is 0 Å². The number of anilines is 2. The first kappa shape index (κ1) is 23.9. The molecule has 0 saturated heterocycles. The average Bonchev–Trinajstić information content (AvgIpc) is 2.75. The van der Waals surface area contributed by atoms with Crippen LogP contribution in [0.1, 0.15) is 27.0 Å². The molecule has 7 nitrogen and oxygen atoms in total. The lowest BCUT2D eigenvalue weighted by Gasteiger charge is -2.12. The van der Waals surface area contributed by atoms with Crippen molar-refractivity contribution in [3.8, 4) is 0 Å². The van der Waals surface area contributed by atoms with Crippen molar-refractivity contribution in [1.82, 2.24) is 0 Å². The van der Waals surface area contributed by atoms with E-state index in [-0.39, 0.29) is 16.1 Å². The highest BCUT2D eigenvalue weighted by Gasteiger charge is 2.20. The van der Waals surface area contributed by atoms with Gasteiger partial charge in [-0.2, -0.15) is 0 Å². The molecule has 0 radical (unpaired) electrons. The number of aryl methyl sites for hydroxylation is 3. The zero-order valence-corrected chi connectivity index (χ0v) is 19.1. The van der Waals surface area contributed by atoms with Crippen LogP contribution >= 0.6 is 0 Å². The second-order valence-corrected chi connectivity index (χ2v) is 9.21. The third-order valence-corrected chi connectivity index (χ3v) is 6.21. The Morgan fingerprint density at radius 1 is 0.909 bits per heavy atom. The summed E-state index contributed by atoms with van der Waals surface area (Å²) in [4.78, 5) is 24.6. The minimum atomic E-state index is -4.04. The molecule has 3 aromatic rings. The van der Waals surface area contributed by atoms with E-state index in [9.17, 15) is 22.4 Å². The Kier molecular flexibility index (Phi) is 7.13. The summed E-state index contributed by atoms with van der Waals surface area (Å²) in [6, 6.07) is 14.3. The number of ether oxygens (including phenoxy) is 1. The number of carbonyl (C=O) groups excluding carboxylic acids is 2. The average molecular weight is 471 g/mol. The summed E-state index contributed by atoms with van der Waals surface area (Å²) in [6.07, 6.45) is 0. The molecule has 0 saturated carbocycles. The van der Waals surface area contributed by atoms with Crippen molar-refractivity contribution in [3.63, 3.8) is 0 Å². The maximum Gasteiger partial charge on any atom is 0.338 e. The zero-order valence-electron chi connectivity index (χ0n) is 18.3. The number of carbonyl (C=O) groups is 2. The first-order chi connectivity index (χ1) is 15.5. The highest BCUT2D eigenvalue weighted by Crippen LogP contribution is 2.21. The molecule has 3 aromatic carbocycles. The van der Waals surface area contributed by atoms with Gasteiger partial charge in [-0.15, -0.1) is 0 Å². The van der Waals surface area contributed by atoms with E-state index >= 15 is 0 Å². The second kappa shape index (κ2) is 9.83. The molecular weight excluding hydrogens is 447 g/mol. The highest BCUT2D eigenvalue weighted by atomic mass is 32.2. The smallest absolute Gasteiger partial charge is 0.338 e.